The number of primary amides is 1. The molecule has 8 nitrogen and oxygen atoms in total. The van der Waals surface area contributed by atoms with E-state index in [0.717, 1.165) is 39.3 Å². The molecular formula is C25H26BrIN4O4. The summed E-state index contributed by atoms with van der Waals surface area (Å²) >= 11 is 5.56. The van der Waals surface area contributed by atoms with Gasteiger partial charge in [0.05, 0.1) is 27.3 Å². The van der Waals surface area contributed by atoms with Crippen molar-refractivity contribution in [2.45, 2.75) is 44.9 Å². The van der Waals surface area contributed by atoms with Crippen LogP contribution in [0.25, 0.3) is 10.9 Å². The standard InChI is InChI=1S/C25H26BrIN4O4/c1-2-34-21-11-15(10-19(27)23(21)35-14-22(28)32)13-29-31-24(16-6-4-3-5-7-16)30-20-9-8-17(26)12-18(20)25(31)33/h8-13,16H,2-7,14H2,1H3,(H2,28,32). The van der Waals surface area contributed by atoms with Gasteiger partial charge in [-0.15, -0.1) is 0 Å². The summed E-state index contributed by atoms with van der Waals surface area (Å²) in [6.07, 6.45) is 7.04. The molecule has 184 valence electrons. The number of carbonyl (C=O) groups is 1. The van der Waals surface area contributed by atoms with Gasteiger partial charge < -0.3 is 15.2 Å². The molecule has 0 radical (unpaired) electrons. The summed E-state index contributed by atoms with van der Waals surface area (Å²) in [6, 6.07) is 9.15. The third-order valence-corrected chi connectivity index (χ3v) is 7.11. The fourth-order valence-electron chi connectivity index (χ4n) is 4.24. The third kappa shape index (κ3) is 6.03. The predicted molar refractivity (Wildman–Crippen MR) is 148 cm³/mol. The van der Waals surface area contributed by atoms with Crippen molar-refractivity contribution < 1.29 is 14.3 Å². The van der Waals surface area contributed by atoms with Gasteiger partial charge in [0.25, 0.3) is 11.5 Å². The smallest absolute Gasteiger partial charge is 0.282 e. The van der Waals surface area contributed by atoms with Crippen LogP contribution in [0, 0.1) is 3.57 Å². The van der Waals surface area contributed by atoms with Crippen molar-refractivity contribution in [2.75, 3.05) is 13.2 Å². The molecule has 1 fully saturated rings. The van der Waals surface area contributed by atoms with Gasteiger partial charge in [0, 0.05) is 10.4 Å². The van der Waals surface area contributed by atoms with Crippen LogP contribution in [-0.4, -0.2) is 35.0 Å². The zero-order valence-corrected chi connectivity index (χ0v) is 23.0. The number of benzene rings is 2. The lowest BCUT2D eigenvalue weighted by Crippen LogP contribution is -2.25. The van der Waals surface area contributed by atoms with Gasteiger partial charge in [-0.1, -0.05) is 35.2 Å². The fraction of sp³-hybridized carbons (Fsp3) is 0.360. The lowest BCUT2D eigenvalue weighted by atomic mass is 9.88. The Balaban J connectivity index is 1.78. The van der Waals surface area contributed by atoms with Crippen LogP contribution in [0.2, 0.25) is 0 Å². The molecule has 0 aliphatic heterocycles. The Morgan fingerprint density at radius 3 is 2.74 bits per heavy atom. The predicted octanol–water partition coefficient (Wildman–Crippen LogP) is 4.96. The van der Waals surface area contributed by atoms with Crippen molar-refractivity contribution in [2.24, 2.45) is 10.8 Å². The lowest BCUT2D eigenvalue weighted by Gasteiger charge is -2.22. The van der Waals surface area contributed by atoms with Crippen LogP contribution in [-0.2, 0) is 4.79 Å². The number of amides is 1. The number of hydrogen-bond acceptors (Lipinski definition) is 6. The van der Waals surface area contributed by atoms with Gasteiger partial charge >= 0.3 is 0 Å². The van der Waals surface area contributed by atoms with Gasteiger partial charge in [0.15, 0.2) is 18.1 Å². The summed E-state index contributed by atoms with van der Waals surface area (Å²) in [7, 11) is 0. The lowest BCUT2D eigenvalue weighted by molar-refractivity contribution is -0.119. The Bertz CT molecular complexity index is 1340. The molecule has 1 aliphatic carbocycles. The maximum atomic E-state index is 13.5. The van der Waals surface area contributed by atoms with Gasteiger partial charge in [-0.25, -0.2) is 4.98 Å². The molecule has 10 heteroatoms. The Morgan fingerprint density at radius 2 is 2.03 bits per heavy atom. The van der Waals surface area contributed by atoms with E-state index in [4.69, 9.17) is 20.2 Å². The molecule has 1 aromatic heterocycles. The zero-order valence-electron chi connectivity index (χ0n) is 19.3. The summed E-state index contributed by atoms with van der Waals surface area (Å²) in [4.78, 5) is 29.6. The summed E-state index contributed by atoms with van der Waals surface area (Å²) < 4.78 is 14.3. The molecule has 0 bridgehead atoms. The Labute approximate surface area is 225 Å². The van der Waals surface area contributed by atoms with Crippen LogP contribution in [0.15, 0.2) is 44.7 Å². The van der Waals surface area contributed by atoms with Crippen LogP contribution < -0.4 is 20.8 Å². The van der Waals surface area contributed by atoms with Crippen LogP contribution >= 0.6 is 38.5 Å². The molecule has 1 aliphatic rings. The molecule has 4 rings (SSSR count). The highest BCUT2D eigenvalue weighted by atomic mass is 127. The fourth-order valence-corrected chi connectivity index (χ4v) is 5.38. The highest BCUT2D eigenvalue weighted by Crippen LogP contribution is 2.34. The van der Waals surface area contributed by atoms with Crippen LogP contribution in [0.4, 0.5) is 0 Å². The minimum Gasteiger partial charge on any atom is -0.490 e. The van der Waals surface area contributed by atoms with E-state index >= 15 is 0 Å². The average Bonchev–Trinajstić information content (AvgIpc) is 2.84. The number of fused-ring (bicyclic) bond motifs is 1. The second-order valence-electron chi connectivity index (χ2n) is 8.35. The van der Waals surface area contributed by atoms with Crippen LogP contribution in [0.3, 0.4) is 0 Å². The zero-order chi connectivity index (χ0) is 24.9. The van der Waals surface area contributed by atoms with E-state index < -0.39 is 5.91 Å². The number of nitrogens with zero attached hydrogens (tertiary/aromatic N) is 3. The second-order valence-corrected chi connectivity index (χ2v) is 10.4. The molecule has 0 saturated heterocycles. The average molecular weight is 653 g/mol. The first-order valence-corrected chi connectivity index (χ1v) is 13.4. The van der Waals surface area contributed by atoms with Crippen molar-refractivity contribution in [3.8, 4) is 11.5 Å². The van der Waals surface area contributed by atoms with E-state index in [-0.39, 0.29) is 18.1 Å². The number of hydrogen-bond donors (Lipinski definition) is 1. The van der Waals surface area contributed by atoms with Crippen molar-refractivity contribution in [3.63, 3.8) is 0 Å². The van der Waals surface area contributed by atoms with Gasteiger partial charge in [-0.3, -0.25) is 9.59 Å². The molecule has 0 spiro atoms. The van der Waals surface area contributed by atoms with E-state index in [1.165, 1.54) is 11.1 Å². The highest BCUT2D eigenvalue weighted by molar-refractivity contribution is 14.1. The largest absolute Gasteiger partial charge is 0.490 e. The molecule has 2 aromatic carbocycles. The van der Waals surface area contributed by atoms with E-state index in [1.807, 2.05) is 25.1 Å². The van der Waals surface area contributed by atoms with Gasteiger partial charge in [0.1, 0.15) is 5.82 Å². The first-order valence-electron chi connectivity index (χ1n) is 11.5. The van der Waals surface area contributed by atoms with Gasteiger partial charge in [-0.2, -0.15) is 9.78 Å². The van der Waals surface area contributed by atoms with Crippen molar-refractivity contribution >= 4 is 61.5 Å². The molecular weight excluding hydrogens is 627 g/mol. The Hall–Kier alpha value is -2.47. The monoisotopic (exact) mass is 652 g/mol. The first-order chi connectivity index (χ1) is 16.9. The SMILES string of the molecule is CCOc1cc(C=Nn2c(C3CCCCC3)nc3ccc(Br)cc3c2=O)cc(I)c1OCC(N)=O. The summed E-state index contributed by atoms with van der Waals surface area (Å²) in [6.45, 7) is 2.03. The Kier molecular flexibility index (Phi) is 8.42. The number of nitrogens with two attached hydrogens (primary N) is 1. The van der Waals surface area contributed by atoms with E-state index in [1.54, 1.807) is 18.3 Å². The molecule has 1 saturated carbocycles. The number of aromatic nitrogens is 2. The Morgan fingerprint density at radius 1 is 1.26 bits per heavy atom. The summed E-state index contributed by atoms with van der Waals surface area (Å²) in [5, 5.41) is 5.11. The van der Waals surface area contributed by atoms with E-state index in [9.17, 15) is 9.59 Å². The molecule has 2 N–H and O–H groups in total. The number of halogens is 2. The minimum atomic E-state index is -0.570. The highest BCUT2D eigenvalue weighted by Gasteiger charge is 2.22. The van der Waals surface area contributed by atoms with Crippen molar-refractivity contribution in [1.82, 2.24) is 9.66 Å². The summed E-state index contributed by atoms with van der Waals surface area (Å²) in [5.74, 6) is 1.23. The summed E-state index contributed by atoms with van der Waals surface area (Å²) in [5.41, 5.74) is 6.42. The molecule has 3 aromatic rings. The maximum absolute atomic E-state index is 13.5. The first kappa shape index (κ1) is 25.6. The molecule has 1 heterocycles. The van der Waals surface area contributed by atoms with Crippen molar-refractivity contribution in [3.05, 3.63) is 60.1 Å². The minimum absolute atomic E-state index is 0.186. The molecule has 35 heavy (non-hydrogen) atoms. The number of rotatable bonds is 8. The maximum Gasteiger partial charge on any atom is 0.282 e. The second kappa shape index (κ2) is 11.5. The van der Waals surface area contributed by atoms with Gasteiger partial charge in [-0.05, 0) is 78.3 Å². The normalized spacial score (nSPS) is 14.5. The van der Waals surface area contributed by atoms with E-state index in [0.29, 0.717) is 34.8 Å². The van der Waals surface area contributed by atoms with Crippen molar-refractivity contribution in [1.29, 1.82) is 0 Å². The topological polar surface area (TPSA) is 109 Å². The third-order valence-electron chi connectivity index (χ3n) is 5.82. The van der Waals surface area contributed by atoms with Crippen LogP contribution in [0.1, 0.15) is 56.3 Å². The van der Waals surface area contributed by atoms with Gasteiger partial charge in [0.2, 0.25) is 0 Å². The van der Waals surface area contributed by atoms with E-state index in [2.05, 4.69) is 43.6 Å². The number of ether oxygens (including phenoxy) is 2. The molecule has 0 unspecified atom stereocenters. The number of carbonyl (C=O) groups excluding carboxylic acids is 1. The molecule has 1 amide bonds. The molecule has 0 atom stereocenters. The quantitative estimate of drug-likeness (QED) is 0.274. The van der Waals surface area contributed by atoms with Crippen LogP contribution in [0.5, 0.6) is 11.5 Å².